The monoisotopic (exact) mass is 310 g/mol. The van der Waals surface area contributed by atoms with Crippen LogP contribution >= 0.6 is 23.1 Å². The van der Waals surface area contributed by atoms with Gasteiger partial charge in [0.05, 0.1) is 11.3 Å². The topological polar surface area (TPSA) is 57.7 Å². The molecule has 0 unspecified atom stereocenters. The van der Waals surface area contributed by atoms with Crippen LogP contribution in [0.1, 0.15) is 23.2 Å². The zero-order chi connectivity index (χ0) is 14.1. The Morgan fingerprint density at radius 3 is 2.55 bits per heavy atom. The van der Waals surface area contributed by atoms with Crippen LogP contribution < -0.4 is 0 Å². The highest BCUT2D eigenvalue weighted by Gasteiger charge is 2.37. The largest absolute Gasteiger partial charge is 0.338 e. The van der Waals surface area contributed by atoms with Crippen LogP contribution in [0.3, 0.4) is 0 Å². The van der Waals surface area contributed by atoms with E-state index in [-0.39, 0.29) is 28.8 Å². The third-order valence-electron chi connectivity index (χ3n) is 3.67. The molecule has 2 aliphatic rings. The predicted octanol–water partition coefficient (Wildman–Crippen LogP) is 2.05. The minimum absolute atomic E-state index is 0.0400. The number of thioether (sulfide) groups is 1. The second-order valence-corrected chi connectivity index (χ2v) is 6.56. The zero-order valence-electron chi connectivity index (χ0n) is 10.8. The standard InChI is InChI=1S/C13H14N2O3S2/c16-11-8-20-13(18)15(11)10-1-4-14(5-2-10)12(17)9-3-6-19-7-9/h3,6-7,10H,1-2,4-5,8H2. The number of amides is 3. The van der Waals surface area contributed by atoms with Crippen molar-refractivity contribution >= 4 is 40.2 Å². The molecule has 7 heteroatoms. The minimum Gasteiger partial charge on any atom is -0.338 e. The summed E-state index contributed by atoms with van der Waals surface area (Å²) in [6, 6.07) is 1.78. The van der Waals surface area contributed by atoms with E-state index < -0.39 is 0 Å². The summed E-state index contributed by atoms with van der Waals surface area (Å²) in [5, 5.41) is 3.59. The fourth-order valence-electron chi connectivity index (χ4n) is 2.61. The first kappa shape index (κ1) is 13.6. The van der Waals surface area contributed by atoms with Crippen LogP contribution in [0.5, 0.6) is 0 Å². The second-order valence-electron chi connectivity index (χ2n) is 4.85. The molecule has 0 atom stereocenters. The van der Waals surface area contributed by atoms with Gasteiger partial charge in [0.1, 0.15) is 0 Å². The first-order chi connectivity index (χ1) is 9.66. The van der Waals surface area contributed by atoms with Crippen molar-refractivity contribution in [3.63, 3.8) is 0 Å². The maximum Gasteiger partial charge on any atom is 0.289 e. The third-order valence-corrected chi connectivity index (χ3v) is 5.19. The van der Waals surface area contributed by atoms with E-state index in [0.717, 1.165) is 17.3 Å². The number of likely N-dealkylation sites (tertiary alicyclic amines) is 1. The maximum absolute atomic E-state index is 12.2. The van der Waals surface area contributed by atoms with Crippen LogP contribution in [-0.4, -0.2) is 51.7 Å². The van der Waals surface area contributed by atoms with Crippen molar-refractivity contribution in [1.82, 2.24) is 9.80 Å². The molecule has 2 fully saturated rings. The minimum atomic E-state index is -0.141. The molecule has 2 aliphatic heterocycles. The van der Waals surface area contributed by atoms with Crippen molar-refractivity contribution in [2.45, 2.75) is 18.9 Å². The number of carbonyl (C=O) groups is 3. The van der Waals surface area contributed by atoms with Crippen LogP contribution in [0.4, 0.5) is 4.79 Å². The Labute approximate surface area is 124 Å². The number of nitrogens with zero attached hydrogens (tertiary/aromatic N) is 2. The average Bonchev–Trinajstić information content (AvgIpc) is 3.09. The molecule has 0 saturated carbocycles. The summed E-state index contributed by atoms with van der Waals surface area (Å²) >= 11 is 2.58. The molecule has 0 bridgehead atoms. The Kier molecular flexibility index (Phi) is 3.80. The van der Waals surface area contributed by atoms with E-state index in [4.69, 9.17) is 0 Å². The number of piperidine rings is 1. The molecule has 1 aromatic rings. The molecule has 20 heavy (non-hydrogen) atoms. The van der Waals surface area contributed by atoms with Crippen molar-refractivity contribution in [3.8, 4) is 0 Å². The van der Waals surface area contributed by atoms with Gasteiger partial charge in [0.15, 0.2) is 0 Å². The SMILES string of the molecule is O=C(c1ccsc1)N1CCC(N2C(=O)CSC2=O)CC1. The van der Waals surface area contributed by atoms with Gasteiger partial charge in [-0.1, -0.05) is 11.8 Å². The van der Waals surface area contributed by atoms with Crippen molar-refractivity contribution in [3.05, 3.63) is 22.4 Å². The van der Waals surface area contributed by atoms with Crippen molar-refractivity contribution in [2.75, 3.05) is 18.8 Å². The summed E-state index contributed by atoms with van der Waals surface area (Å²) in [4.78, 5) is 38.8. The molecule has 0 radical (unpaired) electrons. The van der Waals surface area contributed by atoms with Crippen molar-refractivity contribution in [1.29, 1.82) is 0 Å². The molecule has 5 nitrogen and oxygen atoms in total. The number of hydrogen-bond acceptors (Lipinski definition) is 5. The van der Waals surface area contributed by atoms with Crippen LogP contribution in [0.25, 0.3) is 0 Å². The summed E-state index contributed by atoms with van der Waals surface area (Å²) in [6.07, 6.45) is 1.35. The van der Waals surface area contributed by atoms with Gasteiger partial charge in [-0.15, -0.1) is 0 Å². The number of imide groups is 1. The molecule has 0 aromatic carbocycles. The number of rotatable bonds is 2. The van der Waals surface area contributed by atoms with Gasteiger partial charge in [-0.2, -0.15) is 11.3 Å². The van der Waals surface area contributed by atoms with Crippen molar-refractivity contribution in [2.24, 2.45) is 0 Å². The molecule has 2 saturated heterocycles. The Morgan fingerprint density at radius 2 is 2.00 bits per heavy atom. The molecular weight excluding hydrogens is 296 g/mol. The molecule has 106 valence electrons. The quantitative estimate of drug-likeness (QED) is 0.839. The first-order valence-corrected chi connectivity index (χ1v) is 8.40. The number of thiophene rings is 1. The summed E-state index contributed by atoms with van der Waals surface area (Å²) in [5.74, 6) is 0.202. The molecule has 3 heterocycles. The van der Waals surface area contributed by atoms with Crippen LogP contribution in [0.15, 0.2) is 16.8 Å². The lowest BCUT2D eigenvalue weighted by Crippen LogP contribution is -2.48. The lowest BCUT2D eigenvalue weighted by Gasteiger charge is -2.35. The molecule has 3 rings (SSSR count). The smallest absolute Gasteiger partial charge is 0.289 e. The van der Waals surface area contributed by atoms with E-state index in [2.05, 4.69) is 0 Å². The van der Waals surface area contributed by atoms with Gasteiger partial charge in [-0.05, 0) is 24.3 Å². The van der Waals surface area contributed by atoms with E-state index in [1.165, 1.54) is 16.2 Å². The lowest BCUT2D eigenvalue weighted by atomic mass is 10.0. The molecule has 0 aliphatic carbocycles. The number of hydrogen-bond donors (Lipinski definition) is 0. The van der Waals surface area contributed by atoms with Crippen LogP contribution in [-0.2, 0) is 4.79 Å². The van der Waals surface area contributed by atoms with Gasteiger partial charge in [0.2, 0.25) is 5.91 Å². The molecule has 1 aromatic heterocycles. The second kappa shape index (κ2) is 5.57. The maximum atomic E-state index is 12.2. The number of carbonyl (C=O) groups excluding carboxylic acids is 3. The van der Waals surface area contributed by atoms with Gasteiger partial charge in [-0.3, -0.25) is 19.3 Å². The molecule has 0 spiro atoms. The van der Waals surface area contributed by atoms with Crippen molar-refractivity contribution < 1.29 is 14.4 Å². The highest BCUT2D eigenvalue weighted by atomic mass is 32.2. The molecule has 0 N–H and O–H groups in total. The van der Waals surface area contributed by atoms with E-state index in [9.17, 15) is 14.4 Å². The Hall–Kier alpha value is -1.34. The van der Waals surface area contributed by atoms with E-state index in [0.29, 0.717) is 25.9 Å². The fraction of sp³-hybridized carbons (Fsp3) is 0.462. The molecule has 3 amide bonds. The predicted molar refractivity (Wildman–Crippen MR) is 77.9 cm³/mol. The summed E-state index contributed by atoms with van der Waals surface area (Å²) in [7, 11) is 0. The van der Waals surface area contributed by atoms with Gasteiger partial charge in [0.25, 0.3) is 11.1 Å². The normalized spacial score (nSPS) is 20.8. The average molecular weight is 310 g/mol. The van der Waals surface area contributed by atoms with E-state index in [1.807, 2.05) is 16.8 Å². The Bertz CT molecular complexity index is 520. The highest BCUT2D eigenvalue weighted by molar-refractivity contribution is 8.14. The molecular formula is C13H14N2O3S2. The Balaban J connectivity index is 1.61. The first-order valence-electron chi connectivity index (χ1n) is 6.47. The van der Waals surface area contributed by atoms with Crippen LogP contribution in [0.2, 0.25) is 0 Å². The van der Waals surface area contributed by atoms with Gasteiger partial charge in [-0.25, -0.2) is 0 Å². The third kappa shape index (κ3) is 2.47. The summed E-state index contributed by atoms with van der Waals surface area (Å²) in [5.41, 5.74) is 0.720. The van der Waals surface area contributed by atoms with Gasteiger partial charge < -0.3 is 4.90 Å². The Morgan fingerprint density at radius 1 is 1.25 bits per heavy atom. The summed E-state index contributed by atoms with van der Waals surface area (Å²) in [6.45, 7) is 1.20. The van der Waals surface area contributed by atoms with Crippen LogP contribution in [0, 0.1) is 0 Å². The van der Waals surface area contributed by atoms with Gasteiger partial charge in [0, 0.05) is 24.5 Å². The lowest BCUT2D eigenvalue weighted by molar-refractivity contribution is -0.126. The fourth-order valence-corrected chi connectivity index (χ4v) is 4.02. The van der Waals surface area contributed by atoms with E-state index in [1.54, 1.807) is 4.90 Å². The summed E-state index contributed by atoms with van der Waals surface area (Å²) < 4.78 is 0. The zero-order valence-corrected chi connectivity index (χ0v) is 12.4. The van der Waals surface area contributed by atoms with E-state index >= 15 is 0 Å². The highest BCUT2D eigenvalue weighted by Crippen LogP contribution is 2.27. The van der Waals surface area contributed by atoms with Gasteiger partial charge >= 0.3 is 0 Å².